The summed E-state index contributed by atoms with van der Waals surface area (Å²) in [6, 6.07) is 0. The zero-order valence-electron chi connectivity index (χ0n) is 7.56. The highest BCUT2D eigenvalue weighted by molar-refractivity contribution is 7.15. The molecule has 0 aromatic carbocycles. The maximum absolute atomic E-state index is 12.1. The van der Waals surface area contributed by atoms with E-state index in [-0.39, 0.29) is 22.4 Å². The maximum atomic E-state index is 12.1. The van der Waals surface area contributed by atoms with Gasteiger partial charge in [-0.3, -0.25) is 0 Å². The van der Waals surface area contributed by atoms with E-state index in [1.165, 1.54) is 0 Å². The highest BCUT2D eigenvalue weighted by Crippen LogP contribution is 2.33. The van der Waals surface area contributed by atoms with Crippen molar-refractivity contribution in [3.8, 4) is 0 Å². The molecule has 0 bridgehead atoms. The molecule has 16 heavy (non-hydrogen) atoms. The second kappa shape index (κ2) is 4.30. The van der Waals surface area contributed by atoms with Crippen LogP contribution in [0.5, 0.6) is 0 Å². The molecule has 7 nitrogen and oxygen atoms in total. The lowest BCUT2D eigenvalue weighted by Crippen LogP contribution is -2.26. The summed E-state index contributed by atoms with van der Waals surface area (Å²) in [5, 5.41) is 4.65. The quantitative estimate of drug-likeness (QED) is 0.470. The minimum Gasteiger partial charge on any atom is -0.370 e. The number of halogens is 3. The number of guanidine groups is 2. The Hall–Kier alpha value is -1.91. The molecular weight excluding hydrogens is 247 g/mol. The van der Waals surface area contributed by atoms with Crippen LogP contribution in [0.15, 0.2) is 9.98 Å². The predicted octanol–water partition coefficient (Wildman–Crippen LogP) is -0.223. The van der Waals surface area contributed by atoms with E-state index in [1.807, 2.05) is 0 Å². The third-order valence-electron chi connectivity index (χ3n) is 1.11. The Kier molecular flexibility index (Phi) is 3.27. The zero-order chi connectivity index (χ0) is 12.3. The minimum atomic E-state index is -4.56. The number of aliphatic imine (C=N–C) groups is 2. The standard InChI is InChI=1S/C5H6F3N7S/c6-5(7,8)1-14-15-4(16-1)13-3(11)12-2(9)10/h(H6,9,10,11,12,13,15). The van der Waals surface area contributed by atoms with Gasteiger partial charge in [0.2, 0.25) is 16.1 Å². The molecule has 1 aromatic rings. The number of rotatable bonds is 1. The third-order valence-corrected chi connectivity index (χ3v) is 1.97. The van der Waals surface area contributed by atoms with Crippen molar-refractivity contribution in [1.82, 2.24) is 10.2 Å². The molecule has 0 spiro atoms. The number of nitrogens with two attached hydrogens (primary N) is 3. The molecule has 6 N–H and O–H groups in total. The van der Waals surface area contributed by atoms with Crippen LogP contribution in [-0.2, 0) is 6.18 Å². The van der Waals surface area contributed by atoms with E-state index >= 15 is 0 Å². The largest absolute Gasteiger partial charge is 0.445 e. The lowest BCUT2D eigenvalue weighted by atomic mass is 10.7. The lowest BCUT2D eigenvalue weighted by molar-refractivity contribution is -0.138. The van der Waals surface area contributed by atoms with Crippen LogP contribution < -0.4 is 17.2 Å². The first-order valence-electron chi connectivity index (χ1n) is 3.63. The van der Waals surface area contributed by atoms with Crippen molar-refractivity contribution >= 4 is 28.4 Å². The van der Waals surface area contributed by atoms with E-state index in [0.717, 1.165) is 0 Å². The number of alkyl halides is 3. The topological polar surface area (TPSA) is 129 Å². The lowest BCUT2D eigenvalue weighted by Gasteiger charge is -1.96. The first-order valence-corrected chi connectivity index (χ1v) is 4.45. The van der Waals surface area contributed by atoms with Gasteiger partial charge in [-0.1, -0.05) is 11.3 Å². The number of nitrogens with zero attached hydrogens (tertiary/aromatic N) is 4. The van der Waals surface area contributed by atoms with Gasteiger partial charge in [0.1, 0.15) is 0 Å². The smallest absolute Gasteiger partial charge is 0.370 e. The van der Waals surface area contributed by atoms with Crippen LogP contribution in [0.25, 0.3) is 0 Å². The molecule has 0 saturated heterocycles. The Labute approximate surface area is 90.9 Å². The van der Waals surface area contributed by atoms with Crippen molar-refractivity contribution in [3.63, 3.8) is 0 Å². The Morgan fingerprint density at radius 3 is 2.25 bits per heavy atom. The van der Waals surface area contributed by atoms with Gasteiger partial charge in [0.15, 0.2) is 5.96 Å². The van der Waals surface area contributed by atoms with Crippen molar-refractivity contribution in [2.24, 2.45) is 27.2 Å². The Bertz CT molecular complexity index is 429. The van der Waals surface area contributed by atoms with Crippen molar-refractivity contribution in [2.75, 3.05) is 0 Å². The van der Waals surface area contributed by atoms with Gasteiger partial charge in [0.05, 0.1) is 0 Å². The van der Waals surface area contributed by atoms with Gasteiger partial charge in [-0.2, -0.15) is 23.2 Å². The molecule has 0 saturated carbocycles. The molecule has 0 amide bonds. The molecule has 88 valence electrons. The summed E-state index contributed by atoms with van der Waals surface area (Å²) >= 11 is 0.230. The van der Waals surface area contributed by atoms with Crippen molar-refractivity contribution < 1.29 is 13.2 Å². The van der Waals surface area contributed by atoms with E-state index in [0.29, 0.717) is 0 Å². The van der Waals surface area contributed by atoms with Crippen LogP contribution in [0.2, 0.25) is 0 Å². The molecule has 1 rings (SSSR count). The van der Waals surface area contributed by atoms with Crippen LogP contribution in [0.1, 0.15) is 5.01 Å². The summed E-state index contributed by atoms with van der Waals surface area (Å²) < 4.78 is 36.3. The van der Waals surface area contributed by atoms with Crippen LogP contribution in [0, 0.1) is 0 Å². The Morgan fingerprint density at radius 1 is 1.19 bits per heavy atom. The van der Waals surface area contributed by atoms with Crippen LogP contribution in [0.4, 0.5) is 18.3 Å². The van der Waals surface area contributed by atoms with Crippen LogP contribution in [-0.4, -0.2) is 22.1 Å². The molecule has 1 heterocycles. The van der Waals surface area contributed by atoms with Crippen LogP contribution >= 0.6 is 11.3 Å². The molecular formula is C5H6F3N7S. The SMILES string of the molecule is NC(N)=N/C(N)=N/c1nnc(C(F)(F)F)s1. The highest BCUT2D eigenvalue weighted by Gasteiger charge is 2.35. The van der Waals surface area contributed by atoms with E-state index in [9.17, 15) is 13.2 Å². The van der Waals surface area contributed by atoms with Crippen molar-refractivity contribution in [3.05, 3.63) is 5.01 Å². The van der Waals surface area contributed by atoms with Gasteiger partial charge in [-0.05, 0) is 0 Å². The molecule has 0 radical (unpaired) electrons. The summed E-state index contributed by atoms with van der Waals surface area (Å²) in [7, 11) is 0. The summed E-state index contributed by atoms with van der Waals surface area (Å²) in [6.07, 6.45) is -4.56. The summed E-state index contributed by atoms with van der Waals surface area (Å²) in [5.74, 6) is -0.758. The molecule has 1 aromatic heterocycles. The highest BCUT2D eigenvalue weighted by atomic mass is 32.1. The van der Waals surface area contributed by atoms with Gasteiger partial charge < -0.3 is 17.2 Å². The fraction of sp³-hybridized carbons (Fsp3) is 0.200. The normalized spacial score (nSPS) is 12.6. The van der Waals surface area contributed by atoms with Gasteiger partial charge in [0, 0.05) is 0 Å². The van der Waals surface area contributed by atoms with Crippen molar-refractivity contribution in [2.45, 2.75) is 6.18 Å². The average molecular weight is 253 g/mol. The average Bonchev–Trinajstić information content (AvgIpc) is 2.49. The monoisotopic (exact) mass is 253 g/mol. The van der Waals surface area contributed by atoms with Crippen molar-refractivity contribution in [1.29, 1.82) is 0 Å². The molecule has 0 atom stereocenters. The van der Waals surface area contributed by atoms with Crippen LogP contribution in [0.3, 0.4) is 0 Å². The second-order valence-electron chi connectivity index (χ2n) is 2.39. The van der Waals surface area contributed by atoms with Gasteiger partial charge in [-0.15, -0.1) is 10.2 Å². The number of hydrogen-bond acceptors (Lipinski definition) is 4. The zero-order valence-corrected chi connectivity index (χ0v) is 8.38. The fourth-order valence-electron chi connectivity index (χ4n) is 0.630. The molecule has 11 heteroatoms. The fourth-order valence-corrected chi connectivity index (χ4v) is 1.22. The number of aromatic nitrogens is 2. The summed E-state index contributed by atoms with van der Waals surface area (Å²) in [4.78, 5) is 6.73. The van der Waals surface area contributed by atoms with Gasteiger partial charge in [-0.25, -0.2) is 0 Å². The third kappa shape index (κ3) is 3.34. The molecule has 0 aliphatic carbocycles. The van der Waals surface area contributed by atoms with Gasteiger partial charge >= 0.3 is 6.18 Å². The first kappa shape index (κ1) is 12.2. The summed E-state index contributed by atoms with van der Waals surface area (Å²) in [5.41, 5.74) is 15.1. The Balaban J connectivity index is 2.92. The maximum Gasteiger partial charge on any atom is 0.445 e. The van der Waals surface area contributed by atoms with E-state index in [1.54, 1.807) is 0 Å². The Morgan fingerprint density at radius 2 is 1.81 bits per heavy atom. The molecule has 0 unspecified atom stereocenters. The second-order valence-corrected chi connectivity index (χ2v) is 3.35. The van der Waals surface area contributed by atoms with Gasteiger partial charge in [0.25, 0.3) is 0 Å². The number of hydrogen-bond donors (Lipinski definition) is 3. The molecule has 0 fully saturated rings. The summed E-state index contributed by atoms with van der Waals surface area (Å²) in [6.45, 7) is 0. The molecule has 0 aliphatic heterocycles. The molecule has 0 aliphatic rings. The minimum absolute atomic E-state index is 0.230. The van der Waals surface area contributed by atoms with E-state index in [2.05, 4.69) is 20.2 Å². The first-order chi connectivity index (χ1) is 7.29. The van der Waals surface area contributed by atoms with E-state index < -0.39 is 17.1 Å². The predicted molar refractivity (Wildman–Crippen MR) is 52.0 cm³/mol. The van der Waals surface area contributed by atoms with E-state index in [4.69, 9.17) is 17.2 Å².